The fourth-order valence-electron chi connectivity index (χ4n) is 3.42. The van der Waals surface area contributed by atoms with E-state index in [2.05, 4.69) is 0 Å². The third kappa shape index (κ3) is 3.90. The fraction of sp³-hybridized carbons (Fsp3) is 0.333. The Hall–Kier alpha value is -2.71. The molecule has 2 aromatic carbocycles. The lowest BCUT2D eigenvalue weighted by atomic mass is 10.00. The van der Waals surface area contributed by atoms with Crippen LogP contribution in [0.25, 0.3) is 11.1 Å². The minimum absolute atomic E-state index is 0.0738. The lowest BCUT2D eigenvalue weighted by Gasteiger charge is -2.27. The number of sulfone groups is 1. The number of aryl methyl sites for hydroxylation is 1. The van der Waals surface area contributed by atoms with Crippen LogP contribution in [0.1, 0.15) is 34.8 Å². The number of hydrogen-bond acceptors (Lipinski definition) is 5. The van der Waals surface area contributed by atoms with Gasteiger partial charge in [-0.1, -0.05) is 35.9 Å². The predicted octanol–water partition coefficient (Wildman–Crippen LogP) is 2.32. The monoisotopic (exact) mass is 416 g/mol. The molecule has 1 aliphatic heterocycles. The van der Waals surface area contributed by atoms with Crippen LogP contribution >= 0.6 is 0 Å². The second-order valence-corrected chi connectivity index (χ2v) is 10.1. The van der Waals surface area contributed by atoms with Crippen LogP contribution in [0.4, 0.5) is 0 Å². The number of amides is 2. The molecule has 0 spiro atoms. The SMILES string of the molecule is Cc1ccc(-c2ccc3c(c2)CN(CCC(C)(C(=O)NO)S(C)(=O)=O)C3=O)cc1. The second kappa shape index (κ2) is 7.61. The number of benzene rings is 2. The summed E-state index contributed by atoms with van der Waals surface area (Å²) in [5.74, 6) is -1.21. The van der Waals surface area contributed by atoms with E-state index >= 15 is 0 Å². The third-order valence-electron chi connectivity index (χ3n) is 5.63. The Kier molecular flexibility index (Phi) is 5.51. The standard InChI is InChI=1S/C21H24N2O5S/c1-14-4-6-15(7-5-14)16-8-9-18-17(12-16)13-23(19(18)24)11-10-21(2,20(25)22-26)29(3,27)28/h4-9,12,26H,10-11,13H2,1-3H3,(H,22,25). The Morgan fingerprint density at radius 3 is 2.38 bits per heavy atom. The molecule has 0 aliphatic carbocycles. The van der Waals surface area contributed by atoms with Crippen molar-refractivity contribution < 1.29 is 23.2 Å². The number of hydrogen-bond donors (Lipinski definition) is 2. The number of hydroxylamine groups is 1. The average molecular weight is 416 g/mol. The highest BCUT2D eigenvalue weighted by Crippen LogP contribution is 2.30. The van der Waals surface area contributed by atoms with Crippen molar-refractivity contribution in [1.29, 1.82) is 0 Å². The van der Waals surface area contributed by atoms with Gasteiger partial charge in [0.05, 0.1) is 0 Å². The van der Waals surface area contributed by atoms with Crippen LogP contribution < -0.4 is 5.48 Å². The first-order valence-corrected chi connectivity index (χ1v) is 11.1. The summed E-state index contributed by atoms with van der Waals surface area (Å²) in [5.41, 5.74) is 6.08. The van der Waals surface area contributed by atoms with Gasteiger partial charge in [-0.2, -0.15) is 0 Å². The molecular formula is C21H24N2O5S. The van der Waals surface area contributed by atoms with Crippen LogP contribution in [0.2, 0.25) is 0 Å². The maximum Gasteiger partial charge on any atom is 0.264 e. The van der Waals surface area contributed by atoms with Gasteiger partial charge in [0.2, 0.25) is 0 Å². The summed E-state index contributed by atoms with van der Waals surface area (Å²) in [6, 6.07) is 13.7. The van der Waals surface area contributed by atoms with Crippen molar-refractivity contribution in [3.63, 3.8) is 0 Å². The van der Waals surface area contributed by atoms with Gasteiger partial charge in [-0.25, -0.2) is 13.9 Å². The van der Waals surface area contributed by atoms with E-state index in [0.717, 1.165) is 28.5 Å². The molecule has 2 N–H and O–H groups in total. The minimum atomic E-state index is -3.81. The molecule has 3 rings (SSSR count). The van der Waals surface area contributed by atoms with E-state index in [9.17, 15) is 18.0 Å². The fourth-order valence-corrected chi connectivity index (χ4v) is 4.27. The first-order chi connectivity index (χ1) is 13.6. The van der Waals surface area contributed by atoms with Gasteiger partial charge in [0.15, 0.2) is 14.6 Å². The number of fused-ring (bicyclic) bond motifs is 1. The molecule has 8 heteroatoms. The van der Waals surface area contributed by atoms with Crippen molar-refractivity contribution in [3.05, 3.63) is 59.2 Å². The Bertz CT molecular complexity index is 1060. The molecule has 154 valence electrons. The third-order valence-corrected chi connectivity index (χ3v) is 7.65. The quantitative estimate of drug-likeness (QED) is 0.556. The summed E-state index contributed by atoms with van der Waals surface area (Å²) in [6.45, 7) is 3.68. The van der Waals surface area contributed by atoms with Crippen molar-refractivity contribution in [2.24, 2.45) is 0 Å². The normalized spacial score (nSPS) is 15.7. The van der Waals surface area contributed by atoms with E-state index in [1.54, 1.807) is 6.07 Å². The lowest BCUT2D eigenvalue weighted by Crippen LogP contribution is -2.50. The number of nitrogens with one attached hydrogen (secondary N) is 1. The molecule has 1 unspecified atom stereocenters. The van der Waals surface area contributed by atoms with E-state index in [4.69, 9.17) is 5.21 Å². The van der Waals surface area contributed by atoms with Gasteiger partial charge in [-0.3, -0.25) is 14.8 Å². The van der Waals surface area contributed by atoms with Crippen LogP contribution in [0.15, 0.2) is 42.5 Å². The van der Waals surface area contributed by atoms with Gasteiger partial charge >= 0.3 is 0 Å². The number of rotatable bonds is 6. The lowest BCUT2D eigenvalue weighted by molar-refractivity contribution is -0.131. The van der Waals surface area contributed by atoms with Gasteiger partial charge in [0.25, 0.3) is 11.8 Å². The summed E-state index contributed by atoms with van der Waals surface area (Å²) in [7, 11) is -3.81. The molecule has 29 heavy (non-hydrogen) atoms. The van der Waals surface area contributed by atoms with E-state index in [0.29, 0.717) is 12.1 Å². The van der Waals surface area contributed by atoms with E-state index in [1.807, 2.05) is 43.3 Å². The van der Waals surface area contributed by atoms with Crippen molar-refractivity contribution in [2.45, 2.75) is 31.6 Å². The molecule has 1 heterocycles. The largest absolute Gasteiger partial charge is 0.334 e. The minimum Gasteiger partial charge on any atom is -0.334 e. The van der Waals surface area contributed by atoms with Crippen LogP contribution in [0, 0.1) is 6.92 Å². The smallest absolute Gasteiger partial charge is 0.264 e. The van der Waals surface area contributed by atoms with Gasteiger partial charge in [0, 0.05) is 24.9 Å². The van der Waals surface area contributed by atoms with Crippen LogP contribution in [-0.4, -0.2) is 47.9 Å². The predicted molar refractivity (Wildman–Crippen MR) is 109 cm³/mol. The molecule has 0 fully saturated rings. The Morgan fingerprint density at radius 2 is 1.79 bits per heavy atom. The highest BCUT2D eigenvalue weighted by molar-refractivity contribution is 7.92. The highest BCUT2D eigenvalue weighted by atomic mass is 32.2. The first kappa shape index (κ1) is 21.0. The second-order valence-electron chi connectivity index (χ2n) is 7.66. The van der Waals surface area contributed by atoms with Crippen molar-refractivity contribution >= 4 is 21.7 Å². The van der Waals surface area contributed by atoms with Crippen molar-refractivity contribution in [3.8, 4) is 11.1 Å². The van der Waals surface area contributed by atoms with Gasteiger partial charge in [-0.15, -0.1) is 0 Å². The van der Waals surface area contributed by atoms with Crippen LogP contribution in [0.5, 0.6) is 0 Å². The zero-order valence-corrected chi connectivity index (χ0v) is 17.4. The van der Waals surface area contributed by atoms with Crippen molar-refractivity contribution in [2.75, 3.05) is 12.8 Å². The van der Waals surface area contributed by atoms with Crippen molar-refractivity contribution in [1.82, 2.24) is 10.4 Å². The zero-order chi connectivity index (χ0) is 21.4. The first-order valence-electron chi connectivity index (χ1n) is 9.20. The number of nitrogens with zero attached hydrogens (tertiary/aromatic N) is 1. The molecule has 7 nitrogen and oxygen atoms in total. The molecule has 2 aromatic rings. The Balaban J connectivity index is 1.80. The maximum atomic E-state index is 12.7. The molecule has 1 aliphatic rings. The summed E-state index contributed by atoms with van der Waals surface area (Å²) < 4.78 is 22.4. The molecule has 0 radical (unpaired) electrons. The van der Waals surface area contributed by atoms with E-state index in [1.165, 1.54) is 17.3 Å². The number of carbonyl (C=O) groups excluding carboxylic acids is 2. The van der Waals surface area contributed by atoms with Gasteiger partial charge < -0.3 is 4.90 Å². The van der Waals surface area contributed by atoms with Gasteiger partial charge in [0.1, 0.15) is 0 Å². The molecule has 2 amide bonds. The molecule has 0 bridgehead atoms. The molecule has 0 aromatic heterocycles. The summed E-state index contributed by atoms with van der Waals surface area (Å²) in [4.78, 5) is 26.2. The van der Waals surface area contributed by atoms with Gasteiger partial charge in [-0.05, 0) is 49.1 Å². The molecule has 0 saturated carbocycles. The summed E-state index contributed by atoms with van der Waals surface area (Å²) >= 11 is 0. The average Bonchev–Trinajstić information content (AvgIpc) is 3.00. The topological polar surface area (TPSA) is 104 Å². The number of carbonyl (C=O) groups is 2. The Labute approximate surface area is 170 Å². The maximum absolute atomic E-state index is 12.7. The zero-order valence-electron chi connectivity index (χ0n) is 16.6. The van der Waals surface area contributed by atoms with Crippen LogP contribution in [-0.2, 0) is 21.2 Å². The Morgan fingerprint density at radius 1 is 1.17 bits per heavy atom. The van der Waals surface area contributed by atoms with E-state index < -0.39 is 20.5 Å². The molecule has 1 atom stereocenters. The summed E-state index contributed by atoms with van der Waals surface area (Å²) in [6.07, 6.45) is 0.819. The van der Waals surface area contributed by atoms with E-state index in [-0.39, 0.29) is 18.9 Å². The van der Waals surface area contributed by atoms with Crippen LogP contribution in [0.3, 0.4) is 0 Å². The highest BCUT2D eigenvalue weighted by Gasteiger charge is 2.44. The summed E-state index contributed by atoms with van der Waals surface area (Å²) in [5, 5.41) is 8.93. The molecular weight excluding hydrogens is 392 g/mol. The molecule has 0 saturated heterocycles.